The molecule has 5 heteroatoms. The number of nitrogens with one attached hydrogen (secondary N) is 1. The van der Waals surface area contributed by atoms with Crippen LogP contribution in [0.4, 0.5) is 0 Å². The minimum Gasteiger partial charge on any atom is -0.375 e. The van der Waals surface area contributed by atoms with Crippen molar-refractivity contribution in [2.45, 2.75) is 37.8 Å². The Labute approximate surface area is 103 Å². The Morgan fingerprint density at radius 3 is 2.94 bits per heavy atom. The maximum absolute atomic E-state index is 11.0. The number of hydrogen-bond donors (Lipinski definition) is 3. The molecule has 0 aromatic heterocycles. The zero-order chi connectivity index (χ0) is 12.5. The Morgan fingerprint density at radius 1 is 1.53 bits per heavy atom. The number of ether oxygens (including phenoxy) is 1. The number of primary amides is 1. The first-order chi connectivity index (χ1) is 7.91. The van der Waals surface area contributed by atoms with Crippen LogP contribution in [0.25, 0.3) is 0 Å². The third kappa shape index (κ3) is 3.18. The largest absolute Gasteiger partial charge is 0.375 e. The molecule has 1 spiro atoms. The number of hydrogen-bond acceptors (Lipinski definition) is 2. The lowest BCUT2D eigenvalue weighted by atomic mass is 9.80. The standard InChI is InChI=1S/C12H23N3O2/c1-11(2)8-12(3-6-17-11)9-15(5-4-14-12)7-10(13)16/h14H,3-9H2,1-2H3,(H2,13,16)/p+2/t12-/m0/s1. The van der Waals surface area contributed by atoms with Crippen molar-refractivity contribution >= 4 is 5.91 Å². The van der Waals surface area contributed by atoms with Crippen LogP contribution in [-0.2, 0) is 9.53 Å². The Bertz CT molecular complexity index is 302. The summed E-state index contributed by atoms with van der Waals surface area (Å²) in [4.78, 5) is 12.4. The molecule has 1 unspecified atom stereocenters. The van der Waals surface area contributed by atoms with E-state index in [9.17, 15) is 4.79 Å². The lowest BCUT2D eigenvalue weighted by Gasteiger charge is -2.45. The van der Waals surface area contributed by atoms with E-state index >= 15 is 0 Å². The monoisotopic (exact) mass is 243 g/mol. The van der Waals surface area contributed by atoms with Crippen molar-refractivity contribution in [2.24, 2.45) is 5.73 Å². The Hall–Kier alpha value is -0.650. The van der Waals surface area contributed by atoms with Crippen LogP contribution in [0, 0.1) is 0 Å². The summed E-state index contributed by atoms with van der Waals surface area (Å²) in [7, 11) is 0. The van der Waals surface area contributed by atoms with Crippen LogP contribution in [0.15, 0.2) is 0 Å². The van der Waals surface area contributed by atoms with E-state index in [2.05, 4.69) is 19.2 Å². The smallest absolute Gasteiger partial charge is 0.272 e. The molecule has 0 aromatic carbocycles. The number of carbonyl (C=O) groups excluding carboxylic acids is 1. The predicted octanol–water partition coefficient (Wildman–Crippen LogP) is -2.74. The molecule has 98 valence electrons. The number of piperazine rings is 1. The predicted molar refractivity (Wildman–Crippen MR) is 63.5 cm³/mol. The van der Waals surface area contributed by atoms with Gasteiger partial charge in [-0.15, -0.1) is 0 Å². The van der Waals surface area contributed by atoms with Crippen molar-refractivity contribution in [3.8, 4) is 0 Å². The number of rotatable bonds is 2. The maximum Gasteiger partial charge on any atom is 0.272 e. The molecule has 2 saturated heterocycles. The summed E-state index contributed by atoms with van der Waals surface area (Å²) in [5.74, 6) is -0.191. The van der Waals surface area contributed by atoms with Crippen LogP contribution >= 0.6 is 0 Å². The van der Waals surface area contributed by atoms with Gasteiger partial charge in [-0.25, -0.2) is 0 Å². The highest BCUT2D eigenvalue weighted by atomic mass is 16.5. The lowest BCUT2D eigenvalue weighted by molar-refractivity contribution is -0.965. The fourth-order valence-electron chi connectivity index (χ4n) is 3.48. The van der Waals surface area contributed by atoms with Gasteiger partial charge in [0.05, 0.1) is 12.2 Å². The summed E-state index contributed by atoms with van der Waals surface area (Å²) in [6.07, 6.45) is 2.14. The molecule has 17 heavy (non-hydrogen) atoms. The van der Waals surface area contributed by atoms with Crippen molar-refractivity contribution < 1.29 is 19.7 Å². The first-order valence-electron chi connectivity index (χ1n) is 6.51. The molecule has 0 aliphatic carbocycles. The Morgan fingerprint density at radius 2 is 2.29 bits per heavy atom. The number of carbonyl (C=O) groups is 1. The molecular weight excluding hydrogens is 218 g/mol. The zero-order valence-electron chi connectivity index (χ0n) is 10.9. The second kappa shape index (κ2) is 4.55. The minimum absolute atomic E-state index is 0.0378. The Balaban J connectivity index is 2.02. The average molecular weight is 243 g/mol. The molecule has 2 aliphatic heterocycles. The summed E-state index contributed by atoms with van der Waals surface area (Å²) >= 11 is 0. The first kappa shape index (κ1) is 12.8. The lowest BCUT2D eigenvalue weighted by Crippen LogP contribution is -3.25. The van der Waals surface area contributed by atoms with E-state index in [1.165, 1.54) is 4.90 Å². The van der Waals surface area contributed by atoms with Crippen molar-refractivity contribution in [1.29, 1.82) is 0 Å². The molecule has 1 amide bonds. The van der Waals surface area contributed by atoms with Crippen molar-refractivity contribution in [2.75, 3.05) is 32.8 Å². The molecule has 0 saturated carbocycles. The van der Waals surface area contributed by atoms with Gasteiger partial charge in [0, 0.05) is 12.8 Å². The summed E-state index contributed by atoms with van der Waals surface area (Å²) in [6, 6.07) is 0. The SMILES string of the molecule is CC1(C)C[C@@]2(CCO1)C[NH+](CC(N)=O)CC[NH2+]2. The molecule has 2 atom stereocenters. The molecule has 2 aliphatic rings. The van der Waals surface area contributed by atoms with Gasteiger partial charge in [-0.1, -0.05) is 0 Å². The van der Waals surface area contributed by atoms with E-state index in [1.807, 2.05) is 0 Å². The summed E-state index contributed by atoms with van der Waals surface area (Å²) in [5, 5.41) is 2.46. The van der Waals surface area contributed by atoms with E-state index in [1.54, 1.807) is 0 Å². The number of nitrogens with two attached hydrogens (primary N) is 2. The van der Waals surface area contributed by atoms with Gasteiger partial charge in [-0.05, 0) is 13.8 Å². The van der Waals surface area contributed by atoms with Gasteiger partial charge >= 0.3 is 0 Å². The Kier molecular flexibility index (Phi) is 3.43. The van der Waals surface area contributed by atoms with Crippen LogP contribution in [0.2, 0.25) is 0 Å². The van der Waals surface area contributed by atoms with Gasteiger partial charge in [0.15, 0.2) is 12.1 Å². The van der Waals surface area contributed by atoms with Crippen molar-refractivity contribution in [3.63, 3.8) is 0 Å². The normalized spacial score (nSPS) is 36.9. The van der Waals surface area contributed by atoms with Crippen molar-refractivity contribution in [3.05, 3.63) is 0 Å². The van der Waals surface area contributed by atoms with E-state index < -0.39 is 0 Å². The van der Waals surface area contributed by atoms with Crippen LogP contribution < -0.4 is 16.0 Å². The van der Waals surface area contributed by atoms with E-state index in [-0.39, 0.29) is 17.0 Å². The summed E-state index contributed by atoms with van der Waals surface area (Å²) in [5.41, 5.74) is 5.52. The van der Waals surface area contributed by atoms with E-state index in [0.29, 0.717) is 6.54 Å². The molecule has 0 radical (unpaired) electrons. The van der Waals surface area contributed by atoms with Crippen LogP contribution in [0.3, 0.4) is 0 Å². The maximum atomic E-state index is 11.0. The third-order valence-corrected chi connectivity index (χ3v) is 3.97. The van der Waals surface area contributed by atoms with Gasteiger partial charge in [0.1, 0.15) is 19.6 Å². The molecule has 0 aromatic rings. The van der Waals surface area contributed by atoms with E-state index in [4.69, 9.17) is 10.5 Å². The quantitative estimate of drug-likeness (QED) is 0.492. The van der Waals surface area contributed by atoms with Crippen LogP contribution in [0.5, 0.6) is 0 Å². The number of quaternary nitrogens is 2. The van der Waals surface area contributed by atoms with Gasteiger partial charge in [-0.2, -0.15) is 0 Å². The molecule has 2 fully saturated rings. The number of amides is 1. The zero-order valence-corrected chi connectivity index (χ0v) is 10.9. The second-order valence-electron chi connectivity index (χ2n) is 6.21. The molecular formula is C12H25N3O2+2. The summed E-state index contributed by atoms with van der Waals surface area (Å²) < 4.78 is 5.79. The molecule has 2 rings (SSSR count). The van der Waals surface area contributed by atoms with Crippen LogP contribution in [0.1, 0.15) is 26.7 Å². The molecule has 5 N–H and O–H groups in total. The highest BCUT2D eigenvalue weighted by Gasteiger charge is 2.48. The topological polar surface area (TPSA) is 73.4 Å². The highest BCUT2D eigenvalue weighted by Crippen LogP contribution is 2.28. The first-order valence-corrected chi connectivity index (χ1v) is 6.51. The second-order valence-corrected chi connectivity index (χ2v) is 6.21. The van der Waals surface area contributed by atoms with Gasteiger partial charge in [-0.3, -0.25) is 4.79 Å². The summed E-state index contributed by atoms with van der Waals surface area (Å²) in [6.45, 7) is 8.76. The van der Waals surface area contributed by atoms with E-state index in [0.717, 1.165) is 39.1 Å². The van der Waals surface area contributed by atoms with Crippen LogP contribution in [-0.4, -0.2) is 49.8 Å². The third-order valence-electron chi connectivity index (χ3n) is 3.97. The fourth-order valence-corrected chi connectivity index (χ4v) is 3.48. The van der Waals surface area contributed by atoms with Crippen molar-refractivity contribution in [1.82, 2.24) is 0 Å². The molecule has 0 bridgehead atoms. The fraction of sp³-hybridized carbons (Fsp3) is 0.917. The van der Waals surface area contributed by atoms with Gasteiger partial charge in [0.2, 0.25) is 0 Å². The molecule has 5 nitrogen and oxygen atoms in total. The van der Waals surface area contributed by atoms with Gasteiger partial charge < -0.3 is 20.7 Å². The molecule has 2 heterocycles. The van der Waals surface area contributed by atoms with Gasteiger partial charge in [0.25, 0.3) is 5.91 Å². The average Bonchev–Trinajstić information content (AvgIpc) is 2.13. The highest BCUT2D eigenvalue weighted by molar-refractivity contribution is 5.74. The minimum atomic E-state index is -0.191.